The highest BCUT2D eigenvalue weighted by Crippen LogP contribution is 1.96. The number of urea groups is 1. The van der Waals surface area contributed by atoms with E-state index in [1.165, 1.54) is 11.8 Å². The fourth-order valence-corrected chi connectivity index (χ4v) is 1.65. The fraction of sp³-hybridized carbons (Fsp3) is 0.700. The van der Waals surface area contributed by atoms with Gasteiger partial charge in [0.1, 0.15) is 0 Å². The minimum absolute atomic E-state index is 0.0823. The number of carbonyl (C=O) groups excluding carboxylic acids is 1. The maximum absolute atomic E-state index is 11.4. The molecule has 0 rings (SSSR count). The molecule has 0 aromatic carbocycles. The molecule has 7 heteroatoms. The summed E-state index contributed by atoms with van der Waals surface area (Å²) in [6.45, 7) is 7.72. The van der Waals surface area contributed by atoms with Crippen LogP contribution in [0.25, 0.3) is 0 Å². The summed E-state index contributed by atoms with van der Waals surface area (Å²) < 4.78 is 0. The Hall–Kier alpha value is -0.820. The second-order valence-electron chi connectivity index (χ2n) is 3.98. The molecule has 0 aliphatic carbocycles. The Morgan fingerprint density at radius 3 is 2.12 bits per heavy atom. The maximum atomic E-state index is 11.4. The van der Waals surface area contributed by atoms with Crippen LogP contribution in [0.5, 0.6) is 0 Å². The molecular weight excluding hydrogens is 256 g/mol. The largest absolute Gasteiger partial charge is 0.359 e. The molecule has 0 fully saturated rings. The van der Waals surface area contributed by atoms with E-state index in [1.54, 1.807) is 0 Å². The SMILES string of the molecule is CSC(=NC(=S)NC(C)C)NC(=O)NC(C)C. The number of thioether (sulfide) groups is 1. The Morgan fingerprint density at radius 1 is 1.18 bits per heavy atom. The molecule has 0 spiro atoms. The van der Waals surface area contributed by atoms with Crippen LogP contribution in [0, 0.1) is 0 Å². The molecule has 0 aliphatic rings. The first-order valence-electron chi connectivity index (χ1n) is 5.35. The highest BCUT2D eigenvalue weighted by Gasteiger charge is 2.07. The first kappa shape index (κ1) is 16.2. The second kappa shape index (κ2) is 8.30. The Balaban J connectivity index is 4.36. The van der Waals surface area contributed by atoms with E-state index in [4.69, 9.17) is 12.2 Å². The fourth-order valence-electron chi connectivity index (χ4n) is 0.891. The van der Waals surface area contributed by atoms with Gasteiger partial charge in [-0.3, -0.25) is 5.32 Å². The third kappa shape index (κ3) is 8.93. The van der Waals surface area contributed by atoms with E-state index in [0.717, 1.165) is 0 Å². The quantitative estimate of drug-likeness (QED) is 0.408. The molecule has 0 saturated carbocycles. The van der Waals surface area contributed by atoms with Gasteiger partial charge in [0.2, 0.25) is 0 Å². The Labute approximate surface area is 112 Å². The highest BCUT2D eigenvalue weighted by atomic mass is 32.2. The molecule has 3 N–H and O–H groups in total. The summed E-state index contributed by atoms with van der Waals surface area (Å²) in [5, 5.41) is 9.17. The molecule has 5 nitrogen and oxygen atoms in total. The van der Waals surface area contributed by atoms with Crippen molar-refractivity contribution in [2.45, 2.75) is 39.8 Å². The number of carbonyl (C=O) groups is 1. The number of thiocarbonyl (C=S) groups is 1. The first-order chi connectivity index (χ1) is 7.85. The van der Waals surface area contributed by atoms with Crippen LogP contribution < -0.4 is 16.0 Å². The van der Waals surface area contributed by atoms with Crippen LogP contribution >= 0.6 is 24.0 Å². The van der Waals surface area contributed by atoms with Crippen LogP contribution in [0.3, 0.4) is 0 Å². The Kier molecular flexibility index (Phi) is 7.90. The molecule has 0 aromatic rings. The number of hydrogen-bond acceptors (Lipinski definition) is 3. The van der Waals surface area contributed by atoms with Gasteiger partial charge < -0.3 is 10.6 Å². The molecule has 98 valence electrons. The second-order valence-corrected chi connectivity index (χ2v) is 5.16. The van der Waals surface area contributed by atoms with Gasteiger partial charge >= 0.3 is 6.03 Å². The zero-order valence-electron chi connectivity index (χ0n) is 10.8. The van der Waals surface area contributed by atoms with E-state index < -0.39 is 0 Å². The van der Waals surface area contributed by atoms with Crippen LogP contribution in [-0.2, 0) is 0 Å². The normalized spacial score (nSPS) is 11.6. The minimum atomic E-state index is -0.277. The van der Waals surface area contributed by atoms with Crippen LogP contribution in [0.2, 0.25) is 0 Å². The van der Waals surface area contributed by atoms with Gasteiger partial charge in [-0.25, -0.2) is 4.79 Å². The van der Waals surface area contributed by atoms with E-state index in [2.05, 4.69) is 20.9 Å². The molecule has 17 heavy (non-hydrogen) atoms. The van der Waals surface area contributed by atoms with E-state index in [1.807, 2.05) is 34.0 Å². The van der Waals surface area contributed by atoms with Crippen molar-refractivity contribution in [2.75, 3.05) is 6.26 Å². The third-order valence-corrected chi connectivity index (χ3v) is 2.24. The average molecular weight is 276 g/mol. The van der Waals surface area contributed by atoms with Gasteiger partial charge in [-0.15, -0.1) is 0 Å². The van der Waals surface area contributed by atoms with Crippen LogP contribution in [0.1, 0.15) is 27.7 Å². The molecular formula is C10H20N4OS2. The van der Waals surface area contributed by atoms with Gasteiger partial charge in [-0.2, -0.15) is 4.99 Å². The van der Waals surface area contributed by atoms with E-state index in [0.29, 0.717) is 10.3 Å². The van der Waals surface area contributed by atoms with Crippen molar-refractivity contribution in [3.8, 4) is 0 Å². The van der Waals surface area contributed by atoms with Gasteiger partial charge in [0.05, 0.1) is 0 Å². The first-order valence-corrected chi connectivity index (χ1v) is 6.99. The van der Waals surface area contributed by atoms with Gasteiger partial charge in [-0.1, -0.05) is 11.8 Å². The summed E-state index contributed by atoms with van der Waals surface area (Å²) in [7, 11) is 0. The molecule has 0 saturated heterocycles. The van der Waals surface area contributed by atoms with Crippen molar-refractivity contribution in [3.05, 3.63) is 0 Å². The van der Waals surface area contributed by atoms with Gasteiger partial charge in [0.25, 0.3) is 0 Å². The molecule has 0 unspecified atom stereocenters. The number of hydrogen-bond donors (Lipinski definition) is 3. The van der Waals surface area contributed by atoms with Crippen LogP contribution in [-0.4, -0.2) is 34.7 Å². The van der Waals surface area contributed by atoms with Gasteiger partial charge in [0, 0.05) is 12.1 Å². The predicted octanol–water partition coefficient (Wildman–Crippen LogP) is 1.70. The number of nitrogens with one attached hydrogen (secondary N) is 3. The summed E-state index contributed by atoms with van der Waals surface area (Å²) in [5.74, 6) is 0. The number of nitrogens with zero attached hydrogens (tertiary/aromatic N) is 1. The molecule has 2 amide bonds. The summed E-state index contributed by atoms with van der Waals surface area (Å²) in [4.78, 5) is 15.6. The van der Waals surface area contributed by atoms with Gasteiger partial charge in [0.15, 0.2) is 10.3 Å². The Bertz CT molecular complexity index is 303. The highest BCUT2D eigenvalue weighted by molar-refractivity contribution is 8.13. The van der Waals surface area contributed by atoms with E-state index in [9.17, 15) is 4.79 Å². The lowest BCUT2D eigenvalue weighted by Gasteiger charge is -2.12. The molecule has 0 atom stereocenters. The van der Waals surface area contributed by atoms with E-state index >= 15 is 0 Å². The summed E-state index contributed by atoms with van der Waals surface area (Å²) in [5.41, 5.74) is 0. The molecule has 0 radical (unpaired) electrons. The van der Waals surface area contributed by atoms with Crippen molar-refractivity contribution in [1.29, 1.82) is 0 Å². The topological polar surface area (TPSA) is 65.5 Å². The lowest BCUT2D eigenvalue weighted by atomic mass is 10.4. The van der Waals surface area contributed by atoms with Crippen molar-refractivity contribution < 1.29 is 4.79 Å². The zero-order chi connectivity index (χ0) is 13.4. The third-order valence-electron chi connectivity index (χ3n) is 1.45. The van der Waals surface area contributed by atoms with E-state index in [-0.39, 0.29) is 18.1 Å². The zero-order valence-corrected chi connectivity index (χ0v) is 12.5. The van der Waals surface area contributed by atoms with Crippen LogP contribution in [0.15, 0.2) is 4.99 Å². The molecule has 0 aromatic heterocycles. The van der Waals surface area contributed by atoms with Crippen molar-refractivity contribution in [1.82, 2.24) is 16.0 Å². The lowest BCUT2D eigenvalue weighted by molar-refractivity contribution is 0.243. The monoisotopic (exact) mass is 276 g/mol. The van der Waals surface area contributed by atoms with Gasteiger partial charge in [-0.05, 0) is 46.2 Å². The molecule has 0 heterocycles. The Morgan fingerprint density at radius 2 is 1.71 bits per heavy atom. The van der Waals surface area contributed by atoms with Crippen molar-refractivity contribution in [2.24, 2.45) is 4.99 Å². The predicted molar refractivity (Wildman–Crippen MR) is 78.6 cm³/mol. The molecule has 0 aliphatic heterocycles. The molecule has 0 bridgehead atoms. The summed E-state index contributed by atoms with van der Waals surface area (Å²) >= 11 is 6.36. The number of rotatable bonds is 2. The summed E-state index contributed by atoms with van der Waals surface area (Å²) in [6, 6.07) is 0.0261. The average Bonchev–Trinajstić information content (AvgIpc) is 2.13. The summed E-state index contributed by atoms with van der Waals surface area (Å²) in [6.07, 6.45) is 1.83. The van der Waals surface area contributed by atoms with Crippen molar-refractivity contribution in [3.63, 3.8) is 0 Å². The number of amidine groups is 1. The number of aliphatic imine (C=N–C) groups is 1. The number of amides is 2. The maximum Gasteiger partial charge on any atom is 0.321 e. The standard InChI is InChI=1S/C10H20N4OS2/c1-6(2)11-8(15)13-10(17-5)14-9(16)12-7(3)4/h6-7H,1-5H3,(H3,11,12,13,14,15,16). The van der Waals surface area contributed by atoms with Crippen LogP contribution in [0.4, 0.5) is 4.79 Å². The van der Waals surface area contributed by atoms with Crippen molar-refractivity contribution >= 4 is 40.3 Å². The minimum Gasteiger partial charge on any atom is -0.359 e. The lowest BCUT2D eigenvalue weighted by Crippen LogP contribution is -2.42. The smallest absolute Gasteiger partial charge is 0.321 e.